The van der Waals surface area contributed by atoms with Crippen molar-refractivity contribution < 1.29 is 14.2 Å². The van der Waals surface area contributed by atoms with Crippen molar-refractivity contribution in [2.45, 2.75) is 19.3 Å². The van der Waals surface area contributed by atoms with Crippen LogP contribution < -0.4 is 19.9 Å². The lowest BCUT2D eigenvalue weighted by molar-refractivity contribution is 0.173. The highest BCUT2D eigenvalue weighted by molar-refractivity contribution is 5.52. The van der Waals surface area contributed by atoms with Crippen molar-refractivity contribution in [1.29, 1.82) is 0 Å². The molecule has 0 bridgehead atoms. The van der Waals surface area contributed by atoms with Gasteiger partial charge in [-0.05, 0) is 43.4 Å². The molecule has 0 atom stereocenters. The van der Waals surface area contributed by atoms with Crippen molar-refractivity contribution in [1.82, 2.24) is 0 Å². The van der Waals surface area contributed by atoms with Gasteiger partial charge in [0.2, 0.25) is 6.79 Å². The van der Waals surface area contributed by atoms with Gasteiger partial charge >= 0.3 is 0 Å². The van der Waals surface area contributed by atoms with E-state index in [0.717, 1.165) is 41.8 Å². The standard InChI is InChI=1S/C13H17NO3/c14-4-3-10-5-12-13(17-8-16-12)6-11(10)15-7-9-1-2-9/h5-6,9H,1-4,7-8,14H2. The van der Waals surface area contributed by atoms with Gasteiger partial charge in [0.25, 0.3) is 0 Å². The second kappa shape index (κ2) is 4.45. The molecule has 1 fully saturated rings. The van der Waals surface area contributed by atoms with Crippen molar-refractivity contribution in [2.75, 3.05) is 19.9 Å². The van der Waals surface area contributed by atoms with Gasteiger partial charge in [-0.1, -0.05) is 0 Å². The number of nitrogens with two attached hydrogens (primary N) is 1. The number of fused-ring (bicyclic) bond motifs is 1. The fourth-order valence-electron chi connectivity index (χ4n) is 1.94. The Morgan fingerprint density at radius 2 is 2.00 bits per heavy atom. The first-order valence-corrected chi connectivity index (χ1v) is 6.12. The molecule has 1 saturated carbocycles. The molecule has 2 N–H and O–H groups in total. The fraction of sp³-hybridized carbons (Fsp3) is 0.538. The largest absolute Gasteiger partial charge is 0.493 e. The van der Waals surface area contributed by atoms with E-state index in [2.05, 4.69) is 0 Å². The molecule has 0 saturated heterocycles. The molecule has 17 heavy (non-hydrogen) atoms. The first-order valence-electron chi connectivity index (χ1n) is 6.12. The Balaban J connectivity index is 1.81. The average Bonchev–Trinajstić information content (AvgIpc) is 3.05. The normalized spacial score (nSPS) is 17.2. The van der Waals surface area contributed by atoms with Gasteiger partial charge in [-0.2, -0.15) is 0 Å². The average molecular weight is 235 g/mol. The van der Waals surface area contributed by atoms with Crippen LogP contribution >= 0.6 is 0 Å². The minimum absolute atomic E-state index is 0.295. The van der Waals surface area contributed by atoms with E-state index in [4.69, 9.17) is 19.9 Å². The Labute approximate surface area is 101 Å². The molecule has 0 unspecified atom stereocenters. The van der Waals surface area contributed by atoms with E-state index in [1.807, 2.05) is 12.1 Å². The predicted octanol–water partition coefficient (Wildman–Crippen LogP) is 1.71. The topological polar surface area (TPSA) is 53.7 Å². The number of hydrogen-bond acceptors (Lipinski definition) is 4. The molecule has 1 aliphatic heterocycles. The van der Waals surface area contributed by atoms with E-state index in [1.54, 1.807) is 0 Å². The molecule has 1 aliphatic carbocycles. The van der Waals surface area contributed by atoms with Gasteiger partial charge in [-0.25, -0.2) is 0 Å². The molecular weight excluding hydrogens is 218 g/mol. The third kappa shape index (κ3) is 2.31. The van der Waals surface area contributed by atoms with Crippen LogP contribution in [0.25, 0.3) is 0 Å². The minimum atomic E-state index is 0.295. The second-order valence-corrected chi connectivity index (χ2v) is 4.61. The fourth-order valence-corrected chi connectivity index (χ4v) is 1.94. The SMILES string of the molecule is NCCc1cc2c(cc1OCC1CC1)OCO2. The lowest BCUT2D eigenvalue weighted by atomic mass is 10.1. The van der Waals surface area contributed by atoms with E-state index in [0.29, 0.717) is 13.3 Å². The predicted molar refractivity (Wildman–Crippen MR) is 63.5 cm³/mol. The van der Waals surface area contributed by atoms with Crippen LogP contribution in [0.5, 0.6) is 17.2 Å². The zero-order chi connectivity index (χ0) is 11.7. The Bertz CT molecular complexity index is 415. The van der Waals surface area contributed by atoms with Crippen molar-refractivity contribution in [2.24, 2.45) is 11.7 Å². The van der Waals surface area contributed by atoms with E-state index in [1.165, 1.54) is 12.8 Å². The van der Waals surface area contributed by atoms with Crippen LogP contribution in [0.4, 0.5) is 0 Å². The Kier molecular flexibility index (Phi) is 2.81. The summed E-state index contributed by atoms with van der Waals surface area (Å²) in [6.07, 6.45) is 3.38. The van der Waals surface area contributed by atoms with Crippen molar-refractivity contribution in [3.63, 3.8) is 0 Å². The molecule has 2 aliphatic rings. The number of benzene rings is 1. The summed E-state index contributed by atoms with van der Waals surface area (Å²) in [6, 6.07) is 3.91. The highest BCUT2D eigenvalue weighted by Gasteiger charge is 2.23. The molecule has 4 nitrogen and oxygen atoms in total. The summed E-state index contributed by atoms with van der Waals surface area (Å²) in [5.74, 6) is 3.21. The molecule has 1 heterocycles. The number of rotatable bonds is 5. The first-order chi connectivity index (χ1) is 8.36. The van der Waals surface area contributed by atoms with Crippen molar-refractivity contribution in [3.8, 4) is 17.2 Å². The van der Waals surface area contributed by atoms with Gasteiger partial charge in [0, 0.05) is 6.07 Å². The molecule has 0 amide bonds. The van der Waals surface area contributed by atoms with Crippen molar-refractivity contribution >= 4 is 0 Å². The van der Waals surface area contributed by atoms with E-state index in [-0.39, 0.29) is 0 Å². The Hall–Kier alpha value is -1.42. The maximum Gasteiger partial charge on any atom is 0.231 e. The smallest absolute Gasteiger partial charge is 0.231 e. The molecule has 1 aromatic rings. The van der Waals surface area contributed by atoms with Crippen LogP contribution in [-0.4, -0.2) is 19.9 Å². The number of ether oxygens (including phenoxy) is 3. The molecule has 3 rings (SSSR count). The number of hydrogen-bond donors (Lipinski definition) is 1. The van der Waals surface area contributed by atoms with Crippen LogP contribution in [0.2, 0.25) is 0 Å². The van der Waals surface area contributed by atoms with Crippen LogP contribution in [0.15, 0.2) is 12.1 Å². The van der Waals surface area contributed by atoms with Crippen molar-refractivity contribution in [3.05, 3.63) is 17.7 Å². The summed E-state index contributed by atoms with van der Waals surface area (Å²) in [6.45, 7) is 1.71. The third-order valence-corrected chi connectivity index (χ3v) is 3.14. The lowest BCUT2D eigenvalue weighted by Gasteiger charge is -2.11. The van der Waals surface area contributed by atoms with Gasteiger partial charge in [-0.3, -0.25) is 0 Å². The van der Waals surface area contributed by atoms with E-state index < -0.39 is 0 Å². The molecular formula is C13H17NO3. The second-order valence-electron chi connectivity index (χ2n) is 4.61. The highest BCUT2D eigenvalue weighted by Crippen LogP contribution is 2.39. The van der Waals surface area contributed by atoms with Crippen LogP contribution in [0.1, 0.15) is 18.4 Å². The first kappa shape index (κ1) is 10.7. The summed E-state index contributed by atoms with van der Waals surface area (Å²) in [5, 5.41) is 0. The maximum atomic E-state index is 5.85. The molecule has 1 aromatic carbocycles. The quantitative estimate of drug-likeness (QED) is 0.844. The van der Waals surface area contributed by atoms with Crippen LogP contribution in [0.3, 0.4) is 0 Å². The monoisotopic (exact) mass is 235 g/mol. The third-order valence-electron chi connectivity index (χ3n) is 3.14. The zero-order valence-corrected chi connectivity index (χ0v) is 9.78. The summed E-state index contributed by atoms with van der Waals surface area (Å²) in [4.78, 5) is 0. The summed E-state index contributed by atoms with van der Waals surface area (Å²) < 4.78 is 16.6. The zero-order valence-electron chi connectivity index (χ0n) is 9.78. The van der Waals surface area contributed by atoms with Gasteiger partial charge in [-0.15, -0.1) is 0 Å². The van der Waals surface area contributed by atoms with Gasteiger partial charge in [0.15, 0.2) is 11.5 Å². The van der Waals surface area contributed by atoms with Crippen LogP contribution in [0, 0.1) is 5.92 Å². The maximum absolute atomic E-state index is 5.85. The van der Waals surface area contributed by atoms with Crippen LogP contribution in [-0.2, 0) is 6.42 Å². The minimum Gasteiger partial charge on any atom is -0.493 e. The van der Waals surface area contributed by atoms with Gasteiger partial charge in [0.05, 0.1) is 6.61 Å². The molecule has 92 valence electrons. The molecule has 0 spiro atoms. The highest BCUT2D eigenvalue weighted by atomic mass is 16.7. The van der Waals surface area contributed by atoms with Gasteiger partial charge in [0.1, 0.15) is 5.75 Å². The Morgan fingerprint density at radius 3 is 2.71 bits per heavy atom. The molecule has 4 heteroatoms. The summed E-state index contributed by atoms with van der Waals surface area (Å²) in [7, 11) is 0. The lowest BCUT2D eigenvalue weighted by Crippen LogP contribution is -2.07. The summed E-state index contributed by atoms with van der Waals surface area (Å²) in [5.41, 5.74) is 6.72. The Morgan fingerprint density at radius 1 is 1.24 bits per heavy atom. The van der Waals surface area contributed by atoms with Gasteiger partial charge < -0.3 is 19.9 Å². The molecule has 0 radical (unpaired) electrons. The summed E-state index contributed by atoms with van der Waals surface area (Å²) >= 11 is 0. The molecule has 0 aromatic heterocycles. The van der Waals surface area contributed by atoms with E-state index >= 15 is 0 Å². The van der Waals surface area contributed by atoms with E-state index in [9.17, 15) is 0 Å².